The fourth-order valence-corrected chi connectivity index (χ4v) is 2.95. The van der Waals surface area contributed by atoms with E-state index in [1.807, 2.05) is 31.2 Å². The van der Waals surface area contributed by atoms with Crippen molar-refractivity contribution < 1.29 is 4.74 Å². The van der Waals surface area contributed by atoms with Gasteiger partial charge in [-0.1, -0.05) is 37.9 Å². The maximum atomic E-state index is 5.95. The molecule has 2 aromatic rings. The quantitative estimate of drug-likeness (QED) is 0.718. The van der Waals surface area contributed by atoms with E-state index >= 15 is 0 Å². The maximum Gasteiger partial charge on any atom is 0.128 e. The first-order valence-corrected chi connectivity index (χ1v) is 8.44. The summed E-state index contributed by atoms with van der Waals surface area (Å²) in [6.45, 7) is 6.13. The zero-order chi connectivity index (χ0) is 15.6. The van der Waals surface area contributed by atoms with Gasteiger partial charge in [0.15, 0.2) is 0 Å². The minimum Gasteiger partial charge on any atom is -0.457 e. The fourth-order valence-electron chi connectivity index (χ4n) is 2.21. The average Bonchev–Trinajstić information content (AvgIpc) is 2.39. The molecule has 2 rings (SSSR count). The van der Waals surface area contributed by atoms with Crippen LogP contribution in [0.3, 0.4) is 0 Å². The number of halogens is 2. The molecule has 0 amide bonds. The molecule has 4 heteroatoms. The monoisotopic (exact) mass is 411 g/mol. The zero-order valence-electron chi connectivity index (χ0n) is 12.4. The number of rotatable bonds is 4. The number of nitrogens with two attached hydrogens (primary N) is 1. The molecule has 0 radical (unpaired) electrons. The summed E-state index contributed by atoms with van der Waals surface area (Å²) >= 11 is 7.15. The Balaban J connectivity index is 2.22. The van der Waals surface area contributed by atoms with Crippen LogP contribution in [0.4, 0.5) is 0 Å². The molecule has 2 N–H and O–H groups in total. The Labute approximate surface area is 143 Å². The summed E-state index contributed by atoms with van der Waals surface area (Å²) in [6, 6.07) is 10.2. The summed E-state index contributed by atoms with van der Waals surface area (Å²) in [5.74, 6) is 1.66. The van der Waals surface area contributed by atoms with Crippen LogP contribution in [-0.2, 0) is 6.42 Å². The number of benzene rings is 2. The van der Waals surface area contributed by atoms with Crippen LogP contribution in [0.15, 0.2) is 39.3 Å². The Morgan fingerprint density at radius 1 is 1.05 bits per heavy atom. The van der Waals surface area contributed by atoms with E-state index in [1.165, 1.54) is 5.56 Å². The van der Waals surface area contributed by atoms with Crippen molar-refractivity contribution in [2.75, 3.05) is 0 Å². The predicted octanol–water partition coefficient (Wildman–Crippen LogP) is 5.51. The molecule has 2 nitrogen and oxygen atoms in total. The fraction of sp³-hybridized carbons (Fsp3) is 0.294. The van der Waals surface area contributed by atoms with Gasteiger partial charge in [-0.15, -0.1) is 0 Å². The molecule has 0 aliphatic carbocycles. The van der Waals surface area contributed by atoms with Crippen molar-refractivity contribution in [2.45, 2.75) is 33.2 Å². The Bertz CT molecular complexity index is 630. The SMILES string of the molecule is Cc1cc(Oc2ccc(CC(C)N)c(Br)c2)cc(C)c1Br. The number of hydrogen-bond acceptors (Lipinski definition) is 2. The Morgan fingerprint density at radius 2 is 1.67 bits per heavy atom. The molecule has 1 atom stereocenters. The van der Waals surface area contributed by atoms with Gasteiger partial charge in [0.2, 0.25) is 0 Å². The van der Waals surface area contributed by atoms with Crippen LogP contribution in [-0.4, -0.2) is 6.04 Å². The molecule has 0 aromatic heterocycles. The van der Waals surface area contributed by atoms with E-state index in [-0.39, 0.29) is 6.04 Å². The third kappa shape index (κ3) is 4.31. The second kappa shape index (κ2) is 6.95. The molecular weight excluding hydrogens is 394 g/mol. The van der Waals surface area contributed by atoms with Gasteiger partial charge >= 0.3 is 0 Å². The van der Waals surface area contributed by atoms with Crippen LogP contribution in [0.2, 0.25) is 0 Å². The Hall–Kier alpha value is -0.840. The highest BCUT2D eigenvalue weighted by Crippen LogP contribution is 2.31. The highest BCUT2D eigenvalue weighted by molar-refractivity contribution is 9.10. The molecule has 0 spiro atoms. The van der Waals surface area contributed by atoms with E-state index in [0.29, 0.717) is 0 Å². The van der Waals surface area contributed by atoms with Crippen LogP contribution in [0, 0.1) is 13.8 Å². The standard InChI is InChI=1S/C17H19Br2NO/c1-10-6-15(7-11(2)17(10)19)21-14-5-4-13(8-12(3)20)16(18)9-14/h4-7,9,12H,8,20H2,1-3H3. The Morgan fingerprint density at radius 3 is 2.19 bits per heavy atom. The summed E-state index contributed by atoms with van der Waals surface area (Å²) in [7, 11) is 0. The normalized spacial score (nSPS) is 12.3. The largest absolute Gasteiger partial charge is 0.457 e. The van der Waals surface area contributed by atoms with E-state index in [1.54, 1.807) is 0 Å². The summed E-state index contributed by atoms with van der Waals surface area (Å²) in [6.07, 6.45) is 0.845. The van der Waals surface area contributed by atoms with Gasteiger partial charge in [0.1, 0.15) is 11.5 Å². The zero-order valence-corrected chi connectivity index (χ0v) is 15.6. The van der Waals surface area contributed by atoms with E-state index in [9.17, 15) is 0 Å². The van der Waals surface area contributed by atoms with Crippen molar-refractivity contribution in [2.24, 2.45) is 5.73 Å². The van der Waals surface area contributed by atoms with Gasteiger partial charge < -0.3 is 10.5 Å². The van der Waals surface area contributed by atoms with Gasteiger partial charge in [-0.3, -0.25) is 0 Å². The highest BCUT2D eigenvalue weighted by Gasteiger charge is 2.07. The van der Waals surface area contributed by atoms with Gasteiger partial charge in [-0.2, -0.15) is 0 Å². The van der Waals surface area contributed by atoms with Crippen molar-refractivity contribution in [1.29, 1.82) is 0 Å². The lowest BCUT2D eigenvalue weighted by Gasteiger charge is -2.12. The molecule has 0 bridgehead atoms. The lowest BCUT2D eigenvalue weighted by Crippen LogP contribution is -2.17. The molecule has 0 heterocycles. The van der Waals surface area contributed by atoms with Gasteiger partial charge in [-0.25, -0.2) is 0 Å². The van der Waals surface area contributed by atoms with Crippen molar-refractivity contribution in [3.05, 3.63) is 56.0 Å². The minimum atomic E-state index is 0.143. The van der Waals surface area contributed by atoms with Gasteiger partial charge in [0.25, 0.3) is 0 Å². The summed E-state index contributed by atoms with van der Waals surface area (Å²) in [5, 5.41) is 0. The molecule has 0 fully saturated rings. The third-order valence-electron chi connectivity index (χ3n) is 3.21. The second-order valence-electron chi connectivity index (χ2n) is 5.41. The molecule has 21 heavy (non-hydrogen) atoms. The van der Waals surface area contributed by atoms with Crippen LogP contribution in [0.25, 0.3) is 0 Å². The van der Waals surface area contributed by atoms with Crippen molar-refractivity contribution in [3.8, 4) is 11.5 Å². The number of aryl methyl sites for hydroxylation is 2. The van der Waals surface area contributed by atoms with E-state index in [2.05, 4.69) is 51.8 Å². The maximum absolute atomic E-state index is 5.95. The summed E-state index contributed by atoms with van der Waals surface area (Å²) in [5.41, 5.74) is 9.37. The Kier molecular flexibility index (Phi) is 5.47. The van der Waals surface area contributed by atoms with E-state index in [4.69, 9.17) is 10.5 Å². The van der Waals surface area contributed by atoms with Crippen molar-refractivity contribution in [3.63, 3.8) is 0 Å². The molecular formula is C17H19Br2NO. The van der Waals surface area contributed by atoms with E-state index in [0.717, 1.165) is 38.0 Å². The third-order valence-corrected chi connectivity index (χ3v) is 5.20. The second-order valence-corrected chi connectivity index (χ2v) is 7.06. The summed E-state index contributed by atoms with van der Waals surface area (Å²) in [4.78, 5) is 0. The molecule has 1 unspecified atom stereocenters. The predicted molar refractivity (Wildman–Crippen MR) is 95.2 cm³/mol. The van der Waals surface area contributed by atoms with Crippen LogP contribution in [0.5, 0.6) is 11.5 Å². The van der Waals surface area contributed by atoms with Crippen molar-refractivity contribution >= 4 is 31.9 Å². The summed E-state index contributed by atoms with van der Waals surface area (Å²) < 4.78 is 8.11. The lowest BCUT2D eigenvalue weighted by molar-refractivity contribution is 0.481. The first kappa shape index (κ1) is 16.5. The van der Waals surface area contributed by atoms with Crippen LogP contribution in [0.1, 0.15) is 23.6 Å². The molecule has 0 aliphatic rings. The first-order chi connectivity index (χ1) is 9.86. The molecule has 0 saturated carbocycles. The topological polar surface area (TPSA) is 35.2 Å². The average molecular weight is 413 g/mol. The smallest absolute Gasteiger partial charge is 0.128 e. The molecule has 0 saturated heterocycles. The van der Waals surface area contributed by atoms with Gasteiger partial charge in [0.05, 0.1) is 0 Å². The molecule has 112 valence electrons. The molecule has 2 aromatic carbocycles. The van der Waals surface area contributed by atoms with Crippen LogP contribution < -0.4 is 10.5 Å². The van der Waals surface area contributed by atoms with Gasteiger partial charge in [0, 0.05) is 15.0 Å². The molecule has 0 aliphatic heterocycles. The van der Waals surface area contributed by atoms with E-state index < -0.39 is 0 Å². The highest BCUT2D eigenvalue weighted by atomic mass is 79.9. The number of ether oxygens (including phenoxy) is 1. The van der Waals surface area contributed by atoms with Gasteiger partial charge in [-0.05, 0) is 68.1 Å². The van der Waals surface area contributed by atoms with Crippen LogP contribution >= 0.6 is 31.9 Å². The first-order valence-electron chi connectivity index (χ1n) is 6.85. The minimum absolute atomic E-state index is 0.143. The lowest BCUT2D eigenvalue weighted by atomic mass is 10.1. The van der Waals surface area contributed by atoms with Crippen molar-refractivity contribution in [1.82, 2.24) is 0 Å². The number of hydrogen-bond donors (Lipinski definition) is 1.